The summed E-state index contributed by atoms with van der Waals surface area (Å²) in [6, 6.07) is 4.61. The molecule has 0 radical (unpaired) electrons. The largest absolute Gasteiger partial charge is 0.361 e. The minimum Gasteiger partial charge on any atom is -0.361 e. The van der Waals surface area contributed by atoms with Crippen molar-refractivity contribution in [3.63, 3.8) is 0 Å². The van der Waals surface area contributed by atoms with Gasteiger partial charge in [0.2, 0.25) is 0 Å². The predicted molar refractivity (Wildman–Crippen MR) is 85.5 cm³/mol. The lowest BCUT2D eigenvalue weighted by Crippen LogP contribution is -2.33. The van der Waals surface area contributed by atoms with Crippen LogP contribution in [-0.2, 0) is 12.0 Å². The molecule has 1 fully saturated rings. The van der Waals surface area contributed by atoms with Crippen molar-refractivity contribution in [3.8, 4) is 0 Å². The van der Waals surface area contributed by atoms with Crippen molar-refractivity contribution in [2.75, 3.05) is 6.54 Å². The molecule has 1 atom stereocenters. The van der Waals surface area contributed by atoms with Gasteiger partial charge in [0.25, 0.3) is 0 Å². The number of nitrogens with one attached hydrogen (secondary N) is 1. The van der Waals surface area contributed by atoms with Gasteiger partial charge in [-0.15, -0.1) is 0 Å². The molecule has 1 aliphatic rings. The Morgan fingerprint density at radius 3 is 2.77 bits per heavy atom. The van der Waals surface area contributed by atoms with Gasteiger partial charge < -0.3 is 4.52 Å². The molecule has 5 heteroatoms. The van der Waals surface area contributed by atoms with Gasteiger partial charge in [-0.3, -0.25) is 10.00 Å². The molecule has 0 aromatic carbocycles. The number of aryl methyl sites for hydroxylation is 1. The van der Waals surface area contributed by atoms with Crippen LogP contribution >= 0.6 is 0 Å². The quantitative estimate of drug-likeness (QED) is 0.938. The van der Waals surface area contributed by atoms with Crippen molar-refractivity contribution >= 4 is 0 Å². The summed E-state index contributed by atoms with van der Waals surface area (Å²) in [4.78, 5) is 2.49. The summed E-state index contributed by atoms with van der Waals surface area (Å²) in [5.74, 6) is 0.886. The van der Waals surface area contributed by atoms with Crippen molar-refractivity contribution in [1.29, 1.82) is 0 Å². The maximum Gasteiger partial charge on any atom is 0.133 e. The first-order valence-corrected chi connectivity index (χ1v) is 8.15. The summed E-state index contributed by atoms with van der Waals surface area (Å²) >= 11 is 0. The van der Waals surface area contributed by atoms with Crippen LogP contribution < -0.4 is 0 Å². The van der Waals surface area contributed by atoms with E-state index in [2.05, 4.69) is 53.2 Å². The zero-order valence-corrected chi connectivity index (χ0v) is 14.0. The molecule has 0 spiro atoms. The molecular formula is C17H26N4O. The van der Waals surface area contributed by atoms with Crippen molar-refractivity contribution in [3.05, 3.63) is 35.0 Å². The summed E-state index contributed by atoms with van der Waals surface area (Å²) in [7, 11) is 0. The van der Waals surface area contributed by atoms with E-state index in [4.69, 9.17) is 4.52 Å². The zero-order chi connectivity index (χ0) is 15.7. The van der Waals surface area contributed by atoms with Gasteiger partial charge in [0, 0.05) is 23.7 Å². The Labute approximate surface area is 132 Å². The Kier molecular flexibility index (Phi) is 4.08. The monoisotopic (exact) mass is 302 g/mol. The average Bonchev–Trinajstić information content (AvgIpc) is 3.08. The third-order valence-corrected chi connectivity index (χ3v) is 4.37. The third-order valence-electron chi connectivity index (χ3n) is 4.37. The summed E-state index contributed by atoms with van der Waals surface area (Å²) < 4.78 is 5.27. The Hall–Kier alpha value is -1.62. The van der Waals surface area contributed by atoms with E-state index in [0.717, 1.165) is 36.7 Å². The maximum atomic E-state index is 5.27. The van der Waals surface area contributed by atoms with E-state index in [-0.39, 0.29) is 5.41 Å². The highest BCUT2D eigenvalue weighted by Gasteiger charge is 2.27. The molecule has 22 heavy (non-hydrogen) atoms. The minimum atomic E-state index is 0.0826. The number of aromatic amines is 1. The molecule has 2 aromatic rings. The van der Waals surface area contributed by atoms with Crippen LogP contribution in [0.4, 0.5) is 0 Å². The fourth-order valence-corrected chi connectivity index (χ4v) is 3.10. The number of hydrogen-bond donors (Lipinski definition) is 1. The molecular weight excluding hydrogens is 276 g/mol. The third kappa shape index (κ3) is 3.24. The molecule has 1 saturated heterocycles. The molecule has 5 nitrogen and oxygen atoms in total. The standard InChI is InChI=1S/C17H26N4O/c1-12-9-14(20-22-12)15-7-5-6-8-21(15)11-13-10-16(19-18-13)17(2,3)4/h9-10,15H,5-8,11H2,1-4H3,(H,18,19)/t15-/m1/s1. The molecule has 120 valence electrons. The Morgan fingerprint density at radius 1 is 1.32 bits per heavy atom. The molecule has 1 N–H and O–H groups in total. The van der Waals surface area contributed by atoms with Crippen molar-refractivity contribution in [2.45, 2.75) is 65.0 Å². The fraction of sp³-hybridized carbons (Fsp3) is 0.647. The molecule has 1 aliphatic heterocycles. The Morgan fingerprint density at radius 2 is 2.14 bits per heavy atom. The molecule has 0 bridgehead atoms. The first-order chi connectivity index (χ1) is 10.4. The molecule has 0 amide bonds. The van der Waals surface area contributed by atoms with Crippen molar-refractivity contribution in [2.24, 2.45) is 0 Å². The van der Waals surface area contributed by atoms with Crippen LogP contribution in [0.15, 0.2) is 16.7 Å². The van der Waals surface area contributed by atoms with E-state index in [1.165, 1.54) is 18.5 Å². The van der Waals surface area contributed by atoms with Crippen LogP contribution in [0.1, 0.15) is 68.9 Å². The minimum absolute atomic E-state index is 0.0826. The highest BCUT2D eigenvalue weighted by molar-refractivity contribution is 5.17. The van der Waals surface area contributed by atoms with E-state index in [9.17, 15) is 0 Å². The van der Waals surface area contributed by atoms with Gasteiger partial charge in [-0.05, 0) is 32.4 Å². The first-order valence-electron chi connectivity index (χ1n) is 8.15. The second kappa shape index (κ2) is 5.88. The van der Waals surface area contributed by atoms with Gasteiger partial charge in [0.15, 0.2) is 0 Å². The SMILES string of the molecule is Cc1cc([C@H]2CCCCN2Cc2cc(C(C)(C)C)n[nH]2)no1. The van der Waals surface area contributed by atoms with Gasteiger partial charge in [0.1, 0.15) is 11.5 Å². The Balaban J connectivity index is 1.75. The van der Waals surface area contributed by atoms with Gasteiger partial charge >= 0.3 is 0 Å². The second-order valence-corrected chi connectivity index (χ2v) is 7.37. The van der Waals surface area contributed by atoms with Crippen LogP contribution in [0, 0.1) is 6.92 Å². The van der Waals surface area contributed by atoms with Crippen LogP contribution in [0.25, 0.3) is 0 Å². The van der Waals surface area contributed by atoms with Crippen molar-refractivity contribution < 1.29 is 4.52 Å². The van der Waals surface area contributed by atoms with Crippen molar-refractivity contribution in [1.82, 2.24) is 20.3 Å². The summed E-state index contributed by atoms with van der Waals surface area (Å²) in [6.45, 7) is 10.5. The number of hydrogen-bond acceptors (Lipinski definition) is 4. The Bertz CT molecular complexity index is 623. The zero-order valence-electron chi connectivity index (χ0n) is 14.0. The number of likely N-dealkylation sites (tertiary alicyclic amines) is 1. The van der Waals surface area contributed by atoms with Crippen LogP contribution in [-0.4, -0.2) is 26.8 Å². The van der Waals surface area contributed by atoms with Crippen LogP contribution in [0.5, 0.6) is 0 Å². The topological polar surface area (TPSA) is 58.0 Å². The van der Waals surface area contributed by atoms with Crippen LogP contribution in [0.2, 0.25) is 0 Å². The van der Waals surface area contributed by atoms with Crippen LogP contribution in [0.3, 0.4) is 0 Å². The van der Waals surface area contributed by atoms with Gasteiger partial charge in [0.05, 0.1) is 11.7 Å². The molecule has 0 unspecified atom stereocenters. The van der Waals surface area contributed by atoms with Gasteiger partial charge in [-0.2, -0.15) is 5.10 Å². The number of H-pyrrole nitrogens is 1. The first kappa shape index (κ1) is 15.3. The van der Waals surface area contributed by atoms with E-state index < -0.39 is 0 Å². The van der Waals surface area contributed by atoms with E-state index in [1.807, 2.05) is 6.92 Å². The van der Waals surface area contributed by atoms with Gasteiger partial charge in [-0.25, -0.2) is 0 Å². The fourth-order valence-electron chi connectivity index (χ4n) is 3.10. The lowest BCUT2D eigenvalue weighted by Gasteiger charge is -2.33. The molecule has 0 aliphatic carbocycles. The summed E-state index contributed by atoms with van der Waals surface area (Å²) in [6.07, 6.45) is 3.64. The van der Waals surface area contributed by atoms with E-state index >= 15 is 0 Å². The maximum absolute atomic E-state index is 5.27. The highest BCUT2D eigenvalue weighted by atomic mass is 16.5. The van der Waals surface area contributed by atoms with Gasteiger partial charge in [-0.1, -0.05) is 32.3 Å². The highest BCUT2D eigenvalue weighted by Crippen LogP contribution is 2.32. The average molecular weight is 302 g/mol. The lowest BCUT2D eigenvalue weighted by atomic mass is 9.92. The lowest BCUT2D eigenvalue weighted by molar-refractivity contribution is 0.132. The molecule has 0 saturated carbocycles. The van der Waals surface area contributed by atoms with E-state index in [0.29, 0.717) is 6.04 Å². The number of aromatic nitrogens is 3. The molecule has 3 heterocycles. The summed E-state index contributed by atoms with van der Waals surface area (Å²) in [5.41, 5.74) is 3.44. The normalized spacial score (nSPS) is 20.5. The molecule has 2 aromatic heterocycles. The number of rotatable bonds is 3. The summed E-state index contributed by atoms with van der Waals surface area (Å²) in [5, 5.41) is 11.9. The second-order valence-electron chi connectivity index (χ2n) is 7.37. The van der Waals surface area contributed by atoms with E-state index in [1.54, 1.807) is 0 Å². The predicted octanol–water partition coefficient (Wildman–Crippen LogP) is 3.73. The smallest absolute Gasteiger partial charge is 0.133 e. The number of piperidine rings is 1. The number of nitrogens with zero attached hydrogens (tertiary/aromatic N) is 3. The molecule has 3 rings (SSSR count).